The van der Waals surface area contributed by atoms with Crippen LogP contribution >= 0.6 is 0 Å². The molecule has 0 aliphatic heterocycles. The summed E-state index contributed by atoms with van der Waals surface area (Å²) in [5, 5.41) is 18.0. The Hall–Kier alpha value is -2.50. The van der Waals surface area contributed by atoms with Crippen molar-refractivity contribution in [3.8, 4) is 0 Å². The van der Waals surface area contributed by atoms with Crippen molar-refractivity contribution in [1.82, 2.24) is 0 Å². The Labute approximate surface area is 99.1 Å². The molecule has 0 heterocycles. The van der Waals surface area contributed by atoms with Gasteiger partial charge >= 0.3 is 11.9 Å². The highest BCUT2D eigenvalue weighted by Crippen LogP contribution is 2.23. The first kappa shape index (κ1) is 12.0. The number of aromatic carboxylic acids is 2. The summed E-state index contributed by atoms with van der Waals surface area (Å²) >= 11 is 0. The lowest BCUT2D eigenvalue weighted by Gasteiger charge is -2.05. The lowest BCUT2D eigenvalue weighted by molar-refractivity contribution is 0.0652. The molecule has 2 N–H and O–H groups in total. The average Bonchev–Trinajstić information content (AvgIpc) is 2.28. The van der Waals surface area contributed by atoms with Gasteiger partial charge in [-0.25, -0.2) is 18.4 Å². The Balaban J connectivity index is 2.84. The maximum absolute atomic E-state index is 13.0. The molecule has 2 aromatic carbocycles. The maximum Gasteiger partial charge on any atom is 0.336 e. The van der Waals surface area contributed by atoms with Crippen LogP contribution in [0.25, 0.3) is 10.8 Å². The quantitative estimate of drug-likeness (QED) is 0.861. The van der Waals surface area contributed by atoms with Gasteiger partial charge in [-0.15, -0.1) is 0 Å². The van der Waals surface area contributed by atoms with Gasteiger partial charge in [0, 0.05) is 0 Å². The zero-order valence-electron chi connectivity index (χ0n) is 8.78. The van der Waals surface area contributed by atoms with Gasteiger partial charge < -0.3 is 10.2 Å². The van der Waals surface area contributed by atoms with E-state index in [1.165, 1.54) is 0 Å². The predicted octanol–water partition coefficient (Wildman–Crippen LogP) is 2.51. The second-order valence-electron chi connectivity index (χ2n) is 3.62. The molecule has 0 aliphatic rings. The summed E-state index contributed by atoms with van der Waals surface area (Å²) in [4.78, 5) is 21.8. The van der Waals surface area contributed by atoms with Crippen LogP contribution in [0.15, 0.2) is 24.3 Å². The minimum absolute atomic E-state index is 0.122. The van der Waals surface area contributed by atoms with Gasteiger partial charge in [0.15, 0.2) is 11.6 Å². The van der Waals surface area contributed by atoms with E-state index in [2.05, 4.69) is 0 Å². The van der Waals surface area contributed by atoms with Crippen LogP contribution in [0.5, 0.6) is 0 Å². The fraction of sp³-hybridized carbons (Fsp3) is 0. The Morgan fingerprint density at radius 2 is 1.11 bits per heavy atom. The van der Waals surface area contributed by atoms with Crippen LogP contribution in [0.4, 0.5) is 8.78 Å². The topological polar surface area (TPSA) is 74.6 Å². The van der Waals surface area contributed by atoms with Gasteiger partial charge in [0.1, 0.15) is 0 Å². The minimum Gasteiger partial charge on any atom is -0.478 e. The Kier molecular flexibility index (Phi) is 2.70. The number of benzene rings is 2. The number of fused-ring (bicyclic) bond motifs is 1. The van der Waals surface area contributed by atoms with Crippen LogP contribution in [-0.2, 0) is 0 Å². The smallest absolute Gasteiger partial charge is 0.336 e. The normalized spacial score (nSPS) is 10.6. The first-order chi connectivity index (χ1) is 8.40. The average molecular weight is 252 g/mol. The van der Waals surface area contributed by atoms with Crippen molar-refractivity contribution in [2.24, 2.45) is 0 Å². The SMILES string of the molecule is O=C(O)c1cc2cc(F)c(F)cc2cc1C(=O)O. The zero-order chi connectivity index (χ0) is 13.4. The van der Waals surface area contributed by atoms with E-state index in [1.54, 1.807) is 0 Å². The maximum atomic E-state index is 13.0. The molecule has 0 unspecified atom stereocenters. The van der Waals surface area contributed by atoms with E-state index in [0.29, 0.717) is 0 Å². The Morgan fingerprint density at radius 3 is 1.39 bits per heavy atom. The van der Waals surface area contributed by atoms with Gasteiger partial charge in [-0.1, -0.05) is 0 Å². The molecule has 0 atom stereocenters. The van der Waals surface area contributed by atoms with E-state index in [1.807, 2.05) is 0 Å². The van der Waals surface area contributed by atoms with Crippen LogP contribution in [0, 0.1) is 11.6 Å². The molecule has 0 saturated carbocycles. The van der Waals surface area contributed by atoms with Crippen molar-refractivity contribution < 1.29 is 28.6 Å². The summed E-state index contributed by atoms with van der Waals surface area (Å²) in [6, 6.07) is 3.65. The number of carbonyl (C=O) groups is 2. The van der Waals surface area contributed by atoms with Crippen LogP contribution in [0.1, 0.15) is 20.7 Å². The number of rotatable bonds is 2. The number of carboxylic acids is 2. The first-order valence-electron chi connectivity index (χ1n) is 4.79. The highest BCUT2D eigenvalue weighted by Gasteiger charge is 2.18. The van der Waals surface area contributed by atoms with Crippen molar-refractivity contribution >= 4 is 22.7 Å². The number of hydrogen-bond donors (Lipinski definition) is 2. The van der Waals surface area contributed by atoms with Crippen molar-refractivity contribution in [3.05, 3.63) is 47.0 Å². The highest BCUT2D eigenvalue weighted by atomic mass is 19.2. The molecule has 2 rings (SSSR count). The second-order valence-corrected chi connectivity index (χ2v) is 3.62. The number of halogens is 2. The van der Waals surface area contributed by atoms with Gasteiger partial charge in [0.25, 0.3) is 0 Å². The van der Waals surface area contributed by atoms with Crippen LogP contribution in [0.2, 0.25) is 0 Å². The zero-order valence-corrected chi connectivity index (χ0v) is 8.78. The molecule has 6 heteroatoms. The van der Waals surface area contributed by atoms with Crippen LogP contribution in [-0.4, -0.2) is 22.2 Å². The number of carboxylic acid groups (broad SMARTS) is 2. The third-order valence-corrected chi connectivity index (χ3v) is 2.48. The fourth-order valence-electron chi connectivity index (χ4n) is 1.65. The molecule has 2 aromatic rings. The van der Waals surface area contributed by atoms with E-state index in [4.69, 9.17) is 10.2 Å². The first-order valence-corrected chi connectivity index (χ1v) is 4.79. The molecule has 4 nitrogen and oxygen atoms in total. The Bertz CT molecular complexity index is 621. The van der Waals surface area contributed by atoms with Gasteiger partial charge in [0.05, 0.1) is 11.1 Å². The van der Waals surface area contributed by atoms with Crippen molar-refractivity contribution in [2.45, 2.75) is 0 Å². The lowest BCUT2D eigenvalue weighted by Crippen LogP contribution is -2.08. The number of hydrogen-bond acceptors (Lipinski definition) is 2. The highest BCUT2D eigenvalue weighted by molar-refractivity contribution is 6.06. The van der Waals surface area contributed by atoms with E-state index in [9.17, 15) is 18.4 Å². The van der Waals surface area contributed by atoms with Crippen LogP contribution in [0.3, 0.4) is 0 Å². The molecule has 0 saturated heterocycles. The molecule has 0 aliphatic carbocycles. The van der Waals surface area contributed by atoms with E-state index < -0.39 is 34.7 Å². The molecule has 0 fully saturated rings. The molecular formula is C12H6F2O4. The van der Waals surface area contributed by atoms with Crippen molar-refractivity contribution in [1.29, 1.82) is 0 Å². The van der Waals surface area contributed by atoms with Gasteiger partial charge in [-0.3, -0.25) is 0 Å². The van der Waals surface area contributed by atoms with Gasteiger partial charge in [-0.2, -0.15) is 0 Å². The molecule has 18 heavy (non-hydrogen) atoms. The largest absolute Gasteiger partial charge is 0.478 e. The fourth-order valence-corrected chi connectivity index (χ4v) is 1.65. The van der Waals surface area contributed by atoms with E-state index in [0.717, 1.165) is 24.3 Å². The molecule has 92 valence electrons. The molecule has 0 aromatic heterocycles. The predicted molar refractivity (Wildman–Crippen MR) is 57.8 cm³/mol. The molecule has 0 radical (unpaired) electrons. The van der Waals surface area contributed by atoms with Crippen LogP contribution < -0.4 is 0 Å². The standard InChI is InChI=1S/C12H6F2O4/c13-9-3-5-1-7(11(15)16)8(12(17)18)2-6(5)4-10(9)14/h1-4H,(H,15,16)(H,17,18). The summed E-state index contributed by atoms with van der Waals surface area (Å²) in [5.74, 6) is -5.14. The van der Waals surface area contributed by atoms with Crippen molar-refractivity contribution in [3.63, 3.8) is 0 Å². The molecule has 0 bridgehead atoms. The minimum atomic E-state index is -1.45. The molecule has 0 spiro atoms. The molecule has 0 amide bonds. The summed E-state index contributed by atoms with van der Waals surface area (Å²) in [6.07, 6.45) is 0. The van der Waals surface area contributed by atoms with Gasteiger partial charge in [-0.05, 0) is 35.0 Å². The van der Waals surface area contributed by atoms with E-state index in [-0.39, 0.29) is 10.8 Å². The van der Waals surface area contributed by atoms with E-state index >= 15 is 0 Å². The summed E-state index contributed by atoms with van der Waals surface area (Å²) in [5.41, 5.74) is -0.943. The molecular weight excluding hydrogens is 246 g/mol. The lowest BCUT2D eigenvalue weighted by atomic mass is 10.0. The summed E-state index contributed by atoms with van der Waals surface area (Å²) in [6.45, 7) is 0. The second kappa shape index (κ2) is 4.06. The third kappa shape index (κ3) is 1.88. The third-order valence-electron chi connectivity index (χ3n) is 2.48. The van der Waals surface area contributed by atoms with Crippen molar-refractivity contribution in [2.75, 3.05) is 0 Å². The summed E-state index contributed by atoms with van der Waals surface area (Å²) in [7, 11) is 0. The van der Waals surface area contributed by atoms with Gasteiger partial charge in [0.2, 0.25) is 0 Å². The monoisotopic (exact) mass is 252 g/mol. The summed E-state index contributed by atoms with van der Waals surface area (Å²) < 4.78 is 26.0. The Morgan fingerprint density at radius 1 is 0.778 bits per heavy atom.